The van der Waals surface area contributed by atoms with Crippen molar-refractivity contribution in [3.05, 3.63) is 59.3 Å². The molecule has 2 aromatic heterocycles. The van der Waals surface area contributed by atoms with Crippen molar-refractivity contribution in [3.8, 4) is 5.69 Å². The Hall–Kier alpha value is -2.54. The van der Waals surface area contributed by atoms with Crippen molar-refractivity contribution in [2.24, 2.45) is 0 Å². The molecule has 0 bridgehead atoms. The summed E-state index contributed by atoms with van der Waals surface area (Å²) >= 11 is 1.55. The van der Waals surface area contributed by atoms with Crippen molar-refractivity contribution >= 4 is 17.7 Å². The number of benzene rings is 1. The van der Waals surface area contributed by atoms with Crippen LogP contribution < -0.4 is 0 Å². The first kappa shape index (κ1) is 16.9. The number of nitrogens with zero attached hydrogens (tertiary/aromatic N) is 3. The molecule has 26 heavy (non-hydrogen) atoms. The third kappa shape index (κ3) is 3.26. The van der Waals surface area contributed by atoms with E-state index in [0.29, 0.717) is 28.8 Å². The molecule has 1 aliphatic carbocycles. The van der Waals surface area contributed by atoms with E-state index in [0.717, 1.165) is 29.5 Å². The van der Waals surface area contributed by atoms with Gasteiger partial charge in [0, 0.05) is 11.6 Å². The number of furan rings is 1. The van der Waals surface area contributed by atoms with E-state index >= 15 is 0 Å². The monoisotopic (exact) mass is 369 g/mol. The van der Waals surface area contributed by atoms with E-state index < -0.39 is 0 Å². The van der Waals surface area contributed by atoms with Crippen molar-refractivity contribution in [2.45, 2.75) is 36.6 Å². The lowest BCUT2D eigenvalue weighted by Crippen LogP contribution is -2.01. The van der Waals surface area contributed by atoms with Gasteiger partial charge in [-0.05, 0) is 38.0 Å². The number of para-hydroxylation sites is 1. The van der Waals surface area contributed by atoms with Gasteiger partial charge in [0.25, 0.3) is 0 Å². The van der Waals surface area contributed by atoms with Crippen LogP contribution in [0.3, 0.4) is 0 Å². The second-order valence-electron chi connectivity index (χ2n) is 6.25. The molecule has 7 heteroatoms. The van der Waals surface area contributed by atoms with Gasteiger partial charge < -0.3 is 9.15 Å². The number of esters is 1. The van der Waals surface area contributed by atoms with Crippen LogP contribution in [0.25, 0.3) is 5.69 Å². The van der Waals surface area contributed by atoms with Gasteiger partial charge in [0.05, 0.1) is 12.9 Å². The van der Waals surface area contributed by atoms with Gasteiger partial charge in [0.1, 0.15) is 22.9 Å². The van der Waals surface area contributed by atoms with Crippen molar-refractivity contribution in [1.29, 1.82) is 0 Å². The topological polar surface area (TPSA) is 70.2 Å². The Morgan fingerprint density at radius 2 is 2.08 bits per heavy atom. The molecular formula is C19H19N3O3S. The number of ether oxygens (including phenoxy) is 1. The fourth-order valence-electron chi connectivity index (χ4n) is 2.86. The zero-order valence-electron chi connectivity index (χ0n) is 14.6. The largest absolute Gasteiger partial charge is 0.465 e. The molecule has 0 N–H and O–H groups in total. The first-order chi connectivity index (χ1) is 12.7. The molecule has 3 aromatic rings. The van der Waals surface area contributed by atoms with Gasteiger partial charge >= 0.3 is 5.97 Å². The van der Waals surface area contributed by atoms with Crippen LogP contribution in [0.4, 0.5) is 0 Å². The predicted molar refractivity (Wildman–Crippen MR) is 97.7 cm³/mol. The van der Waals surface area contributed by atoms with Crippen molar-refractivity contribution in [2.75, 3.05) is 7.11 Å². The van der Waals surface area contributed by atoms with Crippen LogP contribution in [0.5, 0.6) is 0 Å². The average molecular weight is 369 g/mol. The minimum Gasteiger partial charge on any atom is -0.465 e. The highest BCUT2D eigenvalue weighted by Crippen LogP contribution is 2.41. The number of hydrogen-bond acceptors (Lipinski definition) is 6. The summed E-state index contributed by atoms with van der Waals surface area (Å²) in [5.74, 6) is 2.97. The standard InChI is InChI=1S/C19H19N3O3S/c1-12-16(18(23)24-2)10-15(25-12)11-26-19-21-20-17(13-8-9-13)22(19)14-6-4-3-5-7-14/h3-7,10,13H,8-9,11H2,1-2H3. The summed E-state index contributed by atoms with van der Waals surface area (Å²) in [5.41, 5.74) is 1.53. The summed E-state index contributed by atoms with van der Waals surface area (Å²) in [6, 6.07) is 11.9. The first-order valence-electron chi connectivity index (χ1n) is 8.48. The van der Waals surface area contributed by atoms with E-state index in [1.54, 1.807) is 24.8 Å². The van der Waals surface area contributed by atoms with Gasteiger partial charge in [-0.25, -0.2) is 4.79 Å². The summed E-state index contributed by atoms with van der Waals surface area (Å²) in [6.07, 6.45) is 2.32. The quantitative estimate of drug-likeness (QED) is 0.481. The van der Waals surface area contributed by atoms with Gasteiger partial charge in [-0.3, -0.25) is 4.57 Å². The van der Waals surface area contributed by atoms with Gasteiger partial charge in [0.15, 0.2) is 5.16 Å². The SMILES string of the molecule is COC(=O)c1cc(CSc2nnc(C3CC3)n2-c2ccccc2)oc1C. The number of rotatable bonds is 6. The fourth-order valence-corrected chi connectivity index (χ4v) is 3.70. The Labute approximate surface area is 155 Å². The molecule has 0 atom stereocenters. The maximum Gasteiger partial charge on any atom is 0.341 e. The average Bonchev–Trinajstić information content (AvgIpc) is 3.32. The summed E-state index contributed by atoms with van der Waals surface area (Å²) in [4.78, 5) is 11.7. The zero-order chi connectivity index (χ0) is 18.1. The second kappa shape index (κ2) is 6.99. The summed E-state index contributed by atoms with van der Waals surface area (Å²) < 4.78 is 12.6. The van der Waals surface area contributed by atoms with E-state index in [1.165, 1.54) is 7.11 Å². The van der Waals surface area contributed by atoms with Crippen LogP contribution in [0.15, 0.2) is 46.0 Å². The van der Waals surface area contributed by atoms with Crippen LogP contribution in [0.2, 0.25) is 0 Å². The number of carbonyl (C=O) groups is 1. The summed E-state index contributed by atoms with van der Waals surface area (Å²) in [6.45, 7) is 1.76. The molecule has 0 unspecified atom stereocenters. The van der Waals surface area contributed by atoms with Crippen LogP contribution in [-0.2, 0) is 10.5 Å². The number of aromatic nitrogens is 3. The lowest BCUT2D eigenvalue weighted by Gasteiger charge is -2.09. The molecule has 1 saturated carbocycles. The van der Waals surface area contributed by atoms with Crippen molar-refractivity contribution < 1.29 is 13.9 Å². The Bertz CT molecular complexity index is 929. The zero-order valence-corrected chi connectivity index (χ0v) is 15.5. The molecule has 1 fully saturated rings. The van der Waals surface area contributed by atoms with Gasteiger partial charge in [0.2, 0.25) is 0 Å². The predicted octanol–water partition coefficient (Wildman–Crippen LogP) is 4.13. The summed E-state index contributed by atoms with van der Waals surface area (Å²) in [5, 5.41) is 9.64. The fraction of sp³-hybridized carbons (Fsp3) is 0.316. The minimum absolute atomic E-state index is 0.383. The number of methoxy groups -OCH3 is 1. The Morgan fingerprint density at radius 3 is 2.77 bits per heavy atom. The maximum absolute atomic E-state index is 11.7. The third-order valence-corrected chi connectivity index (χ3v) is 5.28. The normalized spacial score (nSPS) is 13.8. The van der Waals surface area contributed by atoms with E-state index in [4.69, 9.17) is 9.15 Å². The van der Waals surface area contributed by atoms with Crippen LogP contribution in [0.1, 0.15) is 46.5 Å². The molecule has 0 radical (unpaired) electrons. The van der Waals surface area contributed by atoms with E-state index in [9.17, 15) is 4.79 Å². The van der Waals surface area contributed by atoms with Crippen molar-refractivity contribution in [1.82, 2.24) is 14.8 Å². The van der Waals surface area contributed by atoms with Gasteiger partial charge in [-0.2, -0.15) is 0 Å². The van der Waals surface area contributed by atoms with Gasteiger partial charge in [-0.1, -0.05) is 30.0 Å². The lowest BCUT2D eigenvalue weighted by molar-refractivity contribution is 0.0599. The lowest BCUT2D eigenvalue weighted by atomic mass is 10.2. The maximum atomic E-state index is 11.7. The molecule has 0 spiro atoms. The van der Waals surface area contributed by atoms with Crippen LogP contribution in [0, 0.1) is 6.92 Å². The first-order valence-corrected chi connectivity index (χ1v) is 9.47. The number of carbonyl (C=O) groups excluding carboxylic acids is 1. The summed E-state index contributed by atoms with van der Waals surface area (Å²) in [7, 11) is 1.37. The second-order valence-corrected chi connectivity index (χ2v) is 7.19. The van der Waals surface area contributed by atoms with Crippen LogP contribution in [-0.4, -0.2) is 27.8 Å². The number of thioether (sulfide) groups is 1. The smallest absolute Gasteiger partial charge is 0.341 e. The Morgan fingerprint density at radius 1 is 1.31 bits per heavy atom. The number of aryl methyl sites for hydroxylation is 1. The molecule has 0 amide bonds. The molecule has 134 valence electrons. The molecule has 4 rings (SSSR count). The highest BCUT2D eigenvalue weighted by atomic mass is 32.2. The highest BCUT2D eigenvalue weighted by Gasteiger charge is 2.31. The minimum atomic E-state index is -0.383. The number of hydrogen-bond donors (Lipinski definition) is 0. The van der Waals surface area contributed by atoms with E-state index in [2.05, 4.69) is 26.9 Å². The molecule has 1 aromatic carbocycles. The van der Waals surface area contributed by atoms with Crippen molar-refractivity contribution in [3.63, 3.8) is 0 Å². The molecule has 0 saturated heterocycles. The molecule has 2 heterocycles. The highest BCUT2D eigenvalue weighted by molar-refractivity contribution is 7.98. The molecule has 1 aliphatic rings. The molecular weight excluding hydrogens is 350 g/mol. The van der Waals surface area contributed by atoms with E-state index in [-0.39, 0.29) is 5.97 Å². The Kier molecular flexibility index (Phi) is 4.55. The molecule has 0 aliphatic heterocycles. The van der Waals surface area contributed by atoms with Crippen LogP contribution >= 0.6 is 11.8 Å². The third-order valence-electron chi connectivity index (χ3n) is 4.33. The molecule has 6 nitrogen and oxygen atoms in total. The van der Waals surface area contributed by atoms with E-state index in [1.807, 2.05) is 18.2 Å². The Balaban J connectivity index is 1.59. The van der Waals surface area contributed by atoms with Gasteiger partial charge in [-0.15, -0.1) is 10.2 Å².